The van der Waals surface area contributed by atoms with Crippen molar-refractivity contribution in [1.82, 2.24) is 0 Å². The molecule has 1 aromatic carbocycles. The summed E-state index contributed by atoms with van der Waals surface area (Å²) < 4.78 is 10.6. The summed E-state index contributed by atoms with van der Waals surface area (Å²) in [6.45, 7) is -0.749. The van der Waals surface area contributed by atoms with E-state index in [1.807, 2.05) is 6.08 Å². The van der Waals surface area contributed by atoms with E-state index in [2.05, 4.69) is 0 Å². The predicted molar refractivity (Wildman–Crippen MR) is 98.6 cm³/mol. The van der Waals surface area contributed by atoms with E-state index in [4.69, 9.17) is 9.47 Å². The molecule has 1 heterocycles. The van der Waals surface area contributed by atoms with Gasteiger partial charge in [-0.15, -0.1) is 0 Å². The van der Waals surface area contributed by atoms with Gasteiger partial charge in [0, 0.05) is 24.1 Å². The molecule has 3 rings (SSSR count). The van der Waals surface area contributed by atoms with E-state index < -0.39 is 29.1 Å². The van der Waals surface area contributed by atoms with Crippen LogP contribution in [0.3, 0.4) is 0 Å². The third-order valence-corrected chi connectivity index (χ3v) is 5.24. The third kappa shape index (κ3) is 4.56. The fraction of sp³-hybridized carbons (Fsp3) is 0.500. The molecular formula is C20H23NO7. The number of nitro benzene ring substituents is 1. The highest BCUT2D eigenvalue weighted by molar-refractivity contribution is 5.92. The van der Waals surface area contributed by atoms with Gasteiger partial charge in [0.2, 0.25) is 0 Å². The molecule has 1 aliphatic carbocycles. The molecule has 8 heteroatoms. The number of aliphatic hydroxyl groups excluding tert-OH is 1. The summed E-state index contributed by atoms with van der Waals surface area (Å²) in [5, 5.41) is 20.4. The molecule has 1 atom stereocenters. The topological polar surface area (TPSA) is 116 Å². The molecule has 2 fully saturated rings. The van der Waals surface area contributed by atoms with Crippen LogP contribution >= 0.6 is 0 Å². The molecular weight excluding hydrogens is 366 g/mol. The van der Waals surface area contributed by atoms with Crippen molar-refractivity contribution >= 4 is 17.6 Å². The number of benzene rings is 1. The largest absolute Gasteiger partial charge is 0.458 e. The van der Waals surface area contributed by atoms with Gasteiger partial charge < -0.3 is 14.6 Å². The van der Waals surface area contributed by atoms with Crippen molar-refractivity contribution in [3.8, 4) is 0 Å². The van der Waals surface area contributed by atoms with Gasteiger partial charge in [-0.25, -0.2) is 9.59 Å². The number of nitro groups is 1. The van der Waals surface area contributed by atoms with Crippen molar-refractivity contribution in [2.75, 3.05) is 13.2 Å². The van der Waals surface area contributed by atoms with Crippen LogP contribution < -0.4 is 0 Å². The number of esters is 2. The lowest BCUT2D eigenvalue weighted by molar-refractivity contribution is -0.384. The number of cyclic esters (lactones) is 1. The molecule has 0 radical (unpaired) electrons. The first kappa shape index (κ1) is 20.0. The Balaban J connectivity index is 1.63. The van der Waals surface area contributed by atoms with Crippen molar-refractivity contribution in [3.05, 3.63) is 51.6 Å². The van der Waals surface area contributed by atoms with Crippen LogP contribution in [0.4, 0.5) is 5.69 Å². The van der Waals surface area contributed by atoms with E-state index in [9.17, 15) is 24.8 Å². The van der Waals surface area contributed by atoms with Crippen LogP contribution in [-0.2, 0) is 14.3 Å². The zero-order chi connectivity index (χ0) is 20.1. The molecule has 1 unspecified atom stereocenters. The summed E-state index contributed by atoms with van der Waals surface area (Å²) in [5.41, 5.74) is -0.757. The SMILES string of the molecule is O=C1OC(CO)(COC(=O)c2ccc([N+](=O)[O-])cc2)C/C1=C/C1CCCCC1. The van der Waals surface area contributed by atoms with E-state index in [0.29, 0.717) is 11.5 Å². The molecule has 2 aliphatic rings. The van der Waals surface area contributed by atoms with Gasteiger partial charge in [0.25, 0.3) is 5.69 Å². The zero-order valence-electron chi connectivity index (χ0n) is 15.5. The van der Waals surface area contributed by atoms with Crippen molar-refractivity contribution in [1.29, 1.82) is 0 Å². The Bertz CT molecular complexity index is 780. The second kappa shape index (κ2) is 8.52. The second-order valence-corrected chi connectivity index (χ2v) is 7.38. The fourth-order valence-corrected chi connectivity index (χ4v) is 3.64. The van der Waals surface area contributed by atoms with Crippen LogP contribution in [0.25, 0.3) is 0 Å². The predicted octanol–water partition coefficient (Wildman–Crippen LogP) is 2.94. The highest BCUT2D eigenvalue weighted by Gasteiger charge is 2.44. The van der Waals surface area contributed by atoms with Crippen molar-refractivity contribution in [3.63, 3.8) is 0 Å². The van der Waals surface area contributed by atoms with Crippen LogP contribution in [-0.4, -0.2) is 40.8 Å². The maximum atomic E-state index is 12.2. The van der Waals surface area contributed by atoms with Gasteiger partial charge in [0.05, 0.1) is 17.1 Å². The zero-order valence-corrected chi connectivity index (χ0v) is 15.5. The molecule has 28 heavy (non-hydrogen) atoms. The summed E-state index contributed by atoms with van der Waals surface area (Å²) >= 11 is 0. The van der Waals surface area contributed by atoms with Crippen LogP contribution in [0.5, 0.6) is 0 Å². The minimum absolute atomic E-state index is 0.134. The van der Waals surface area contributed by atoms with Crippen molar-refractivity contribution in [2.24, 2.45) is 5.92 Å². The lowest BCUT2D eigenvalue weighted by Gasteiger charge is -2.24. The van der Waals surface area contributed by atoms with E-state index in [0.717, 1.165) is 25.7 Å². The number of non-ortho nitro benzene ring substituents is 1. The number of hydrogen-bond donors (Lipinski definition) is 1. The molecule has 0 aromatic heterocycles. The molecule has 0 amide bonds. The normalized spacial score (nSPS) is 24.2. The molecule has 1 aliphatic heterocycles. The van der Waals surface area contributed by atoms with E-state index in [-0.39, 0.29) is 24.3 Å². The first-order valence-electron chi connectivity index (χ1n) is 9.39. The Hall–Kier alpha value is -2.74. The summed E-state index contributed by atoms with van der Waals surface area (Å²) in [4.78, 5) is 34.5. The van der Waals surface area contributed by atoms with E-state index >= 15 is 0 Å². The Morgan fingerprint density at radius 1 is 1.29 bits per heavy atom. The fourth-order valence-electron chi connectivity index (χ4n) is 3.64. The second-order valence-electron chi connectivity index (χ2n) is 7.38. The van der Waals surface area contributed by atoms with Crippen molar-refractivity contribution < 1.29 is 29.1 Å². The number of nitrogens with zero attached hydrogens (tertiary/aromatic N) is 1. The lowest BCUT2D eigenvalue weighted by Crippen LogP contribution is -2.39. The van der Waals surface area contributed by atoms with Gasteiger partial charge in [-0.2, -0.15) is 0 Å². The summed E-state index contributed by atoms with van der Waals surface area (Å²) in [7, 11) is 0. The maximum absolute atomic E-state index is 12.2. The number of aliphatic hydroxyl groups is 1. The summed E-state index contributed by atoms with van der Waals surface area (Å²) in [6, 6.07) is 5.00. The molecule has 0 spiro atoms. The number of allylic oxidation sites excluding steroid dienone is 1. The Morgan fingerprint density at radius 2 is 1.96 bits per heavy atom. The average Bonchev–Trinajstić information content (AvgIpc) is 3.03. The Kier molecular flexibility index (Phi) is 6.08. The minimum atomic E-state index is -1.28. The monoisotopic (exact) mass is 389 g/mol. The molecule has 1 saturated heterocycles. The van der Waals surface area contributed by atoms with Crippen LogP contribution in [0, 0.1) is 16.0 Å². The maximum Gasteiger partial charge on any atom is 0.338 e. The highest BCUT2D eigenvalue weighted by atomic mass is 16.6. The molecule has 0 bridgehead atoms. The van der Waals surface area contributed by atoms with Crippen LogP contribution in [0.1, 0.15) is 48.9 Å². The summed E-state index contributed by atoms with van der Waals surface area (Å²) in [5.74, 6) is -0.844. The lowest BCUT2D eigenvalue weighted by atomic mass is 9.86. The molecule has 1 aromatic rings. The molecule has 8 nitrogen and oxygen atoms in total. The quantitative estimate of drug-likeness (QED) is 0.344. The average molecular weight is 389 g/mol. The Morgan fingerprint density at radius 3 is 2.57 bits per heavy atom. The summed E-state index contributed by atoms with van der Waals surface area (Å²) in [6.07, 6.45) is 7.70. The molecule has 150 valence electrons. The standard InChI is InChI=1S/C20H23NO7/c22-12-20(11-16(19(24)28-20)10-14-4-2-1-3-5-14)13-27-18(23)15-6-8-17(9-7-15)21(25)26/h6-10,14,22H,1-5,11-13H2/b16-10-. The van der Waals surface area contributed by atoms with Gasteiger partial charge in [-0.3, -0.25) is 10.1 Å². The number of carbonyl (C=O) groups is 2. The number of ether oxygens (including phenoxy) is 2. The third-order valence-electron chi connectivity index (χ3n) is 5.24. The minimum Gasteiger partial charge on any atom is -0.458 e. The van der Waals surface area contributed by atoms with E-state index in [1.165, 1.54) is 30.7 Å². The molecule has 1 N–H and O–H groups in total. The number of hydrogen-bond acceptors (Lipinski definition) is 7. The molecule has 1 saturated carbocycles. The first-order valence-corrected chi connectivity index (χ1v) is 9.39. The van der Waals surface area contributed by atoms with Crippen LogP contribution in [0.15, 0.2) is 35.9 Å². The van der Waals surface area contributed by atoms with Gasteiger partial charge in [-0.05, 0) is 30.9 Å². The highest BCUT2D eigenvalue weighted by Crippen LogP contribution is 2.34. The van der Waals surface area contributed by atoms with Gasteiger partial charge in [0.15, 0.2) is 5.60 Å². The van der Waals surface area contributed by atoms with Gasteiger partial charge >= 0.3 is 11.9 Å². The Labute approximate surface area is 162 Å². The van der Waals surface area contributed by atoms with Gasteiger partial charge in [0.1, 0.15) is 6.61 Å². The number of carbonyl (C=O) groups excluding carboxylic acids is 2. The van der Waals surface area contributed by atoms with E-state index in [1.54, 1.807) is 0 Å². The van der Waals surface area contributed by atoms with Crippen molar-refractivity contribution in [2.45, 2.75) is 44.1 Å². The first-order chi connectivity index (χ1) is 13.4. The number of rotatable bonds is 6. The van der Waals surface area contributed by atoms with Crippen LogP contribution in [0.2, 0.25) is 0 Å². The smallest absolute Gasteiger partial charge is 0.338 e. The van der Waals surface area contributed by atoms with Gasteiger partial charge in [-0.1, -0.05) is 25.3 Å².